The van der Waals surface area contributed by atoms with Crippen molar-refractivity contribution in [2.24, 2.45) is 11.8 Å². The van der Waals surface area contributed by atoms with Crippen LogP contribution >= 0.6 is 0 Å². The number of rotatable bonds is 20. The quantitative estimate of drug-likeness (QED) is 0.0710. The van der Waals surface area contributed by atoms with Gasteiger partial charge in [-0.2, -0.15) is 9.15 Å². The molecule has 0 spiro atoms. The van der Waals surface area contributed by atoms with Crippen LogP contribution in [0, 0.1) is 11.8 Å². The normalized spacial score (nSPS) is 20.8. The summed E-state index contributed by atoms with van der Waals surface area (Å²) >= 11 is 0. The molecule has 103 heavy (non-hydrogen) atoms. The van der Waals surface area contributed by atoms with Crippen LogP contribution in [-0.4, -0.2) is 47.8 Å². The van der Waals surface area contributed by atoms with Gasteiger partial charge < -0.3 is 14.5 Å². The standard InChI is InChI=1S/C98H96N4O/c1-67(2)59-61-101-85-57-49-75-33-19-23-37-81(75)93(85)97(7,89(101)41-25-39-87-95(5,63-69-27-13-11-14-28-69)91-79-35-21-17-31-73(79)47-55-83(91)99(87)9)65-71-43-51-77(52-44-71)103-78-53-45-72(46-54-78)66-98(8)90(102(62-60-68(3)4)86-58-50-76-34-20-24-38-82(76)94(86)98)42-26-40-88-96(6,64-70-29-15-12-16-30-70)92-80-36-22-18-32-74(80)48-56-84(92)100(88)10/h11-58,67-68H,59-66H2,1-10H3/q+2. The van der Waals surface area contributed by atoms with Gasteiger partial charge in [-0.1, -0.05) is 234 Å². The Labute approximate surface area is 610 Å². The molecule has 0 saturated carbocycles. The number of likely N-dealkylation sites (N-methyl/N-ethyl adjacent to an activating group) is 2. The fourth-order valence-electron chi connectivity index (χ4n) is 18.6. The van der Waals surface area contributed by atoms with Crippen LogP contribution in [0.25, 0.3) is 43.1 Å². The van der Waals surface area contributed by atoms with E-state index < -0.39 is 0 Å². The summed E-state index contributed by atoms with van der Waals surface area (Å²) < 4.78 is 12.2. The van der Waals surface area contributed by atoms with Gasteiger partial charge in [-0.05, 0) is 202 Å². The van der Waals surface area contributed by atoms with Gasteiger partial charge in [-0.3, -0.25) is 0 Å². The highest BCUT2D eigenvalue weighted by atomic mass is 16.5. The van der Waals surface area contributed by atoms with Gasteiger partial charge in [0.2, 0.25) is 11.4 Å². The number of hydrogen-bond acceptors (Lipinski definition) is 3. The molecule has 12 aromatic carbocycles. The van der Waals surface area contributed by atoms with Gasteiger partial charge in [-0.25, -0.2) is 0 Å². The van der Waals surface area contributed by atoms with Gasteiger partial charge in [0.25, 0.3) is 0 Å². The second kappa shape index (κ2) is 27.0. The molecule has 4 heterocycles. The Bertz CT molecular complexity index is 5120. The fourth-order valence-corrected chi connectivity index (χ4v) is 18.6. The van der Waals surface area contributed by atoms with Crippen LogP contribution in [-0.2, 0) is 47.3 Å². The Morgan fingerprint density at radius 1 is 0.340 bits per heavy atom. The van der Waals surface area contributed by atoms with E-state index in [9.17, 15) is 0 Å². The molecule has 0 fully saturated rings. The third kappa shape index (κ3) is 11.9. The first-order valence-corrected chi connectivity index (χ1v) is 37.6. The predicted molar refractivity (Wildman–Crippen MR) is 436 cm³/mol. The highest BCUT2D eigenvalue weighted by Gasteiger charge is 2.52. The van der Waals surface area contributed by atoms with E-state index in [1.54, 1.807) is 0 Å². The topological polar surface area (TPSA) is 21.7 Å². The Hall–Kier alpha value is -10.6. The van der Waals surface area contributed by atoms with Gasteiger partial charge in [0, 0.05) is 95.9 Å². The lowest BCUT2D eigenvalue weighted by molar-refractivity contribution is -0.439. The molecule has 0 aromatic heterocycles. The average Bonchev–Trinajstić information content (AvgIpc) is 1.59. The summed E-state index contributed by atoms with van der Waals surface area (Å²) in [7, 11) is 4.53. The second-order valence-electron chi connectivity index (χ2n) is 31.5. The molecule has 5 nitrogen and oxygen atoms in total. The van der Waals surface area contributed by atoms with Crippen LogP contribution in [0.2, 0.25) is 0 Å². The lowest BCUT2D eigenvalue weighted by Gasteiger charge is -2.29. The zero-order chi connectivity index (χ0) is 70.8. The van der Waals surface area contributed by atoms with E-state index in [2.05, 4.69) is 380 Å². The SMILES string of the molecule is CC(C)CC[N+]1=C(/C=C/C=C2/N(C)c3ccc4ccccc4c3C2(C)Cc2ccccc2)C(C)(Cc2ccc(Oc3ccc(CC4(C)C(/C=C/C=C5/N(C)c6ccc7ccccc7c6C5(C)Cc5ccccc5)=[N+](CCC(C)C)c5ccc6ccccc6c54)cc3)cc2)c2c1ccc1ccccc21. The molecule has 512 valence electrons. The molecule has 0 saturated heterocycles. The molecule has 0 N–H and O–H groups in total. The molecular formula is C98H96N4O+2. The summed E-state index contributed by atoms with van der Waals surface area (Å²) in [5.74, 6) is 2.73. The van der Waals surface area contributed by atoms with E-state index in [4.69, 9.17) is 4.74 Å². The van der Waals surface area contributed by atoms with E-state index in [-0.39, 0.29) is 21.7 Å². The number of fused-ring (bicyclic) bond motifs is 12. The molecular weight excluding hydrogens is 1250 g/mol. The Balaban J connectivity index is 0.711. The summed E-state index contributed by atoms with van der Waals surface area (Å²) in [6, 6.07) is 94.6. The first kappa shape index (κ1) is 66.9. The second-order valence-corrected chi connectivity index (χ2v) is 31.5. The van der Waals surface area contributed by atoms with Crippen molar-refractivity contribution in [2.75, 3.05) is 37.0 Å². The molecule has 16 rings (SSSR count). The molecule has 0 aliphatic carbocycles. The zero-order valence-corrected chi connectivity index (χ0v) is 61.7. The molecule has 5 heteroatoms. The maximum atomic E-state index is 6.84. The largest absolute Gasteiger partial charge is 0.457 e. The van der Waals surface area contributed by atoms with Gasteiger partial charge >= 0.3 is 0 Å². The van der Waals surface area contributed by atoms with E-state index >= 15 is 0 Å². The molecule has 4 aliphatic heterocycles. The van der Waals surface area contributed by atoms with Crippen molar-refractivity contribution in [1.29, 1.82) is 0 Å². The summed E-state index contributed by atoms with van der Waals surface area (Å²) in [5, 5.41) is 10.4. The highest BCUT2D eigenvalue weighted by molar-refractivity contribution is 6.10. The number of hydrogen-bond donors (Lipinski definition) is 0. The van der Waals surface area contributed by atoms with Crippen LogP contribution in [0.3, 0.4) is 0 Å². The first-order chi connectivity index (χ1) is 50.0. The zero-order valence-electron chi connectivity index (χ0n) is 61.7. The highest BCUT2D eigenvalue weighted by Crippen LogP contribution is 2.55. The number of ether oxygens (including phenoxy) is 1. The lowest BCUT2D eigenvalue weighted by atomic mass is 9.72. The monoisotopic (exact) mass is 1340 g/mol. The molecule has 4 aliphatic rings. The predicted octanol–water partition coefficient (Wildman–Crippen LogP) is 23.6. The summed E-state index contributed by atoms with van der Waals surface area (Å²) in [5.41, 5.74) is 19.9. The van der Waals surface area contributed by atoms with Crippen LogP contribution < -0.4 is 14.5 Å². The first-order valence-electron chi connectivity index (χ1n) is 37.6. The van der Waals surface area contributed by atoms with Gasteiger partial charge in [-0.15, -0.1) is 0 Å². The summed E-state index contributed by atoms with van der Waals surface area (Å²) in [6.45, 7) is 21.2. The number of nitrogens with zero attached hydrogens (tertiary/aromatic N) is 4. The molecule has 4 unspecified atom stereocenters. The van der Waals surface area contributed by atoms with E-state index in [1.165, 1.54) is 133 Å². The molecule has 4 atom stereocenters. The molecule has 12 aromatic rings. The van der Waals surface area contributed by atoms with Gasteiger partial charge in [0.15, 0.2) is 11.4 Å². The minimum Gasteiger partial charge on any atom is -0.457 e. The van der Waals surface area contributed by atoms with Gasteiger partial charge in [0.05, 0.1) is 10.8 Å². The molecule has 0 radical (unpaired) electrons. The maximum absolute atomic E-state index is 6.84. The fraction of sp³-hybridized carbons (Fsp3) is 0.245. The van der Waals surface area contributed by atoms with Crippen molar-refractivity contribution in [3.8, 4) is 11.5 Å². The van der Waals surface area contributed by atoms with E-state index in [1.807, 2.05) is 0 Å². The van der Waals surface area contributed by atoms with Crippen molar-refractivity contribution >= 4 is 77.3 Å². The third-order valence-corrected chi connectivity index (χ3v) is 23.6. The maximum Gasteiger partial charge on any atom is 0.210 e. The van der Waals surface area contributed by atoms with Crippen LogP contribution in [0.15, 0.2) is 303 Å². The van der Waals surface area contributed by atoms with Crippen molar-refractivity contribution in [3.05, 3.63) is 347 Å². The van der Waals surface area contributed by atoms with E-state index in [0.29, 0.717) is 11.8 Å². The van der Waals surface area contributed by atoms with Crippen LogP contribution in [0.4, 0.5) is 22.7 Å². The molecule has 0 amide bonds. The van der Waals surface area contributed by atoms with Crippen molar-refractivity contribution in [1.82, 2.24) is 0 Å². The van der Waals surface area contributed by atoms with Crippen molar-refractivity contribution < 1.29 is 13.9 Å². The number of anilines is 2. The summed E-state index contributed by atoms with van der Waals surface area (Å²) in [6.07, 6.45) is 20.1. The van der Waals surface area contributed by atoms with Crippen molar-refractivity contribution in [3.63, 3.8) is 0 Å². The van der Waals surface area contributed by atoms with Crippen LogP contribution in [0.1, 0.15) is 113 Å². The summed E-state index contributed by atoms with van der Waals surface area (Å²) in [4.78, 5) is 4.91. The van der Waals surface area contributed by atoms with Gasteiger partial charge in [0.1, 0.15) is 24.6 Å². The Morgan fingerprint density at radius 2 is 0.650 bits per heavy atom. The minimum atomic E-state index is -0.369. The lowest BCUT2D eigenvalue weighted by Crippen LogP contribution is -2.34. The minimum absolute atomic E-state index is 0.278. The Kier molecular flexibility index (Phi) is 17.5. The number of benzene rings is 12. The smallest absolute Gasteiger partial charge is 0.210 e. The van der Waals surface area contributed by atoms with Crippen molar-refractivity contribution in [2.45, 2.75) is 116 Å². The average molecular weight is 1350 g/mol. The number of allylic oxidation sites excluding steroid dienone is 8. The third-order valence-electron chi connectivity index (χ3n) is 23.6. The molecule has 0 bridgehead atoms. The Morgan fingerprint density at radius 3 is 1.01 bits per heavy atom. The van der Waals surface area contributed by atoms with E-state index in [0.717, 1.165) is 63.1 Å². The van der Waals surface area contributed by atoms with Crippen LogP contribution in [0.5, 0.6) is 11.5 Å².